The molecule has 21 heavy (non-hydrogen) atoms. The molecule has 0 aromatic rings. The number of carbonyl (C=O) groups is 1. The van der Waals surface area contributed by atoms with Crippen LogP contribution in [0.4, 0.5) is 0 Å². The summed E-state index contributed by atoms with van der Waals surface area (Å²) < 4.78 is 17.0. The molecule has 4 heteroatoms. The van der Waals surface area contributed by atoms with Crippen molar-refractivity contribution in [3.63, 3.8) is 0 Å². The van der Waals surface area contributed by atoms with Crippen molar-refractivity contribution in [2.75, 3.05) is 13.2 Å². The largest absolute Gasteiger partial charge is 0.459 e. The van der Waals surface area contributed by atoms with E-state index >= 15 is 0 Å². The smallest absolute Gasteiger partial charge is 0.303 e. The van der Waals surface area contributed by atoms with Crippen molar-refractivity contribution < 1.29 is 19.0 Å². The van der Waals surface area contributed by atoms with Gasteiger partial charge in [-0.05, 0) is 43.4 Å². The Labute approximate surface area is 128 Å². The van der Waals surface area contributed by atoms with E-state index in [1.54, 1.807) is 0 Å². The Balaban J connectivity index is 2.08. The minimum Gasteiger partial charge on any atom is -0.459 e. The third-order valence-corrected chi connectivity index (χ3v) is 5.10. The summed E-state index contributed by atoms with van der Waals surface area (Å²) in [7, 11) is 0. The van der Waals surface area contributed by atoms with E-state index in [4.69, 9.17) is 14.2 Å². The van der Waals surface area contributed by atoms with Crippen LogP contribution in [0.1, 0.15) is 66.2 Å². The quantitative estimate of drug-likeness (QED) is 0.726. The van der Waals surface area contributed by atoms with Crippen LogP contribution in [0.5, 0.6) is 0 Å². The summed E-state index contributed by atoms with van der Waals surface area (Å²) in [6.45, 7) is 9.71. The zero-order chi connectivity index (χ0) is 15.5. The van der Waals surface area contributed by atoms with Gasteiger partial charge in [0.1, 0.15) is 5.60 Å². The molecule has 1 saturated heterocycles. The minimum absolute atomic E-state index is 0.120. The molecule has 1 saturated carbocycles. The Bertz CT molecular complexity index is 360. The lowest BCUT2D eigenvalue weighted by Crippen LogP contribution is -2.48. The van der Waals surface area contributed by atoms with Crippen molar-refractivity contribution in [3.05, 3.63) is 0 Å². The lowest BCUT2D eigenvalue weighted by Gasteiger charge is -2.49. The van der Waals surface area contributed by atoms with Crippen LogP contribution >= 0.6 is 0 Å². The van der Waals surface area contributed by atoms with Gasteiger partial charge in [0.25, 0.3) is 0 Å². The highest BCUT2D eigenvalue weighted by Gasteiger charge is 2.47. The first-order chi connectivity index (χ1) is 9.87. The van der Waals surface area contributed by atoms with Crippen LogP contribution in [-0.4, -0.2) is 31.1 Å². The van der Waals surface area contributed by atoms with E-state index in [9.17, 15) is 4.79 Å². The SMILES string of the molecule is CC[C@@H]1CC(C)(C)CC[C@@]1(CCC1OCCO1)OC(C)=O. The molecule has 1 heterocycles. The van der Waals surface area contributed by atoms with Crippen LogP contribution in [-0.2, 0) is 19.0 Å². The summed E-state index contributed by atoms with van der Waals surface area (Å²) >= 11 is 0. The summed E-state index contributed by atoms with van der Waals surface area (Å²) in [4.78, 5) is 11.7. The molecule has 0 bridgehead atoms. The standard InChI is InChI=1S/C17H30O4/c1-5-14-12-16(3,4)8-9-17(14,21-13(2)18)7-6-15-19-10-11-20-15/h14-15H,5-12H2,1-4H3/t14-,17-/m1/s1. The first kappa shape index (κ1) is 16.8. The third kappa shape index (κ3) is 4.19. The summed E-state index contributed by atoms with van der Waals surface area (Å²) in [5, 5.41) is 0. The normalized spacial score (nSPS) is 33.0. The van der Waals surface area contributed by atoms with E-state index in [2.05, 4.69) is 20.8 Å². The van der Waals surface area contributed by atoms with E-state index < -0.39 is 0 Å². The van der Waals surface area contributed by atoms with Gasteiger partial charge < -0.3 is 14.2 Å². The van der Waals surface area contributed by atoms with Gasteiger partial charge in [0.05, 0.1) is 13.2 Å². The molecular formula is C17H30O4. The maximum Gasteiger partial charge on any atom is 0.303 e. The van der Waals surface area contributed by atoms with Crippen molar-refractivity contribution in [2.45, 2.75) is 78.1 Å². The summed E-state index contributed by atoms with van der Waals surface area (Å²) in [6, 6.07) is 0. The Morgan fingerprint density at radius 3 is 2.48 bits per heavy atom. The molecule has 2 rings (SSSR count). The minimum atomic E-state index is -0.328. The summed E-state index contributed by atoms with van der Waals surface area (Å²) in [5.41, 5.74) is 0.0100. The van der Waals surface area contributed by atoms with Crippen LogP contribution < -0.4 is 0 Å². The maximum atomic E-state index is 11.7. The number of hydrogen-bond donors (Lipinski definition) is 0. The van der Waals surface area contributed by atoms with Gasteiger partial charge in [-0.1, -0.05) is 20.8 Å². The van der Waals surface area contributed by atoms with Crippen LogP contribution in [0.3, 0.4) is 0 Å². The lowest BCUT2D eigenvalue weighted by atomic mass is 9.62. The first-order valence-corrected chi connectivity index (χ1v) is 8.30. The van der Waals surface area contributed by atoms with Gasteiger partial charge in [0.15, 0.2) is 6.29 Å². The monoisotopic (exact) mass is 298 g/mol. The van der Waals surface area contributed by atoms with Crippen LogP contribution in [0, 0.1) is 11.3 Å². The number of ether oxygens (including phenoxy) is 3. The fourth-order valence-electron chi connectivity index (χ4n) is 3.96. The molecule has 0 aromatic heterocycles. The van der Waals surface area contributed by atoms with E-state index in [1.165, 1.54) is 6.92 Å². The van der Waals surface area contributed by atoms with Gasteiger partial charge >= 0.3 is 5.97 Å². The van der Waals surface area contributed by atoms with Crippen molar-refractivity contribution in [1.82, 2.24) is 0 Å². The van der Waals surface area contributed by atoms with Gasteiger partial charge in [-0.25, -0.2) is 0 Å². The Hall–Kier alpha value is -0.610. The molecule has 2 fully saturated rings. The average Bonchev–Trinajstić information content (AvgIpc) is 2.91. The van der Waals surface area contributed by atoms with Gasteiger partial charge in [0, 0.05) is 13.3 Å². The number of carbonyl (C=O) groups excluding carboxylic acids is 1. The molecule has 0 aromatic carbocycles. The van der Waals surface area contributed by atoms with Crippen molar-refractivity contribution in [1.29, 1.82) is 0 Å². The van der Waals surface area contributed by atoms with Crippen molar-refractivity contribution in [2.24, 2.45) is 11.3 Å². The molecular weight excluding hydrogens is 268 g/mol. The number of hydrogen-bond acceptors (Lipinski definition) is 4. The fourth-order valence-corrected chi connectivity index (χ4v) is 3.96. The molecule has 2 aliphatic rings. The second-order valence-electron chi connectivity index (χ2n) is 7.34. The zero-order valence-corrected chi connectivity index (χ0v) is 13.9. The van der Waals surface area contributed by atoms with Crippen LogP contribution in [0.15, 0.2) is 0 Å². The second kappa shape index (κ2) is 6.66. The van der Waals surface area contributed by atoms with Crippen LogP contribution in [0.25, 0.3) is 0 Å². The molecule has 4 nitrogen and oxygen atoms in total. The number of rotatable bonds is 5. The Kier molecular flexibility index (Phi) is 5.31. The molecule has 1 aliphatic carbocycles. The topological polar surface area (TPSA) is 44.8 Å². The first-order valence-electron chi connectivity index (χ1n) is 8.30. The highest BCUT2D eigenvalue weighted by atomic mass is 16.7. The Morgan fingerprint density at radius 2 is 1.90 bits per heavy atom. The van der Waals surface area contributed by atoms with Gasteiger partial charge in [-0.3, -0.25) is 4.79 Å². The van der Waals surface area contributed by atoms with Gasteiger partial charge in [0.2, 0.25) is 0 Å². The summed E-state index contributed by atoms with van der Waals surface area (Å²) in [5.74, 6) is 0.257. The molecule has 1 aliphatic heterocycles. The summed E-state index contributed by atoms with van der Waals surface area (Å²) in [6.07, 6.45) is 5.74. The lowest BCUT2D eigenvalue weighted by molar-refractivity contribution is -0.178. The highest BCUT2D eigenvalue weighted by molar-refractivity contribution is 5.66. The van der Waals surface area contributed by atoms with E-state index in [-0.39, 0.29) is 17.9 Å². The number of esters is 1. The van der Waals surface area contributed by atoms with Gasteiger partial charge in [-0.2, -0.15) is 0 Å². The molecule has 0 radical (unpaired) electrons. The predicted molar refractivity (Wildman–Crippen MR) is 80.8 cm³/mol. The maximum absolute atomic E-state index is 11.7. The van der Waals surface area contributed by atoms with Crippen LogP contribution in [0.2, 0.25) is 0 Å². The molecule has 0 N–H and O–H groups in total. The third-order valence-electron chi connectivity index (χ3n) is 5.10. The second-order valence-corrected chi connectivity index (χ2v) is 7.34. The van der Waals surface area contributed by atoms with E-state index in [0.29, 0.717) is 24.5 Å². The zero-order valence-electron chi connectivity index (χ0n) is 13.9. The average molecular weight is 298 g/mol. The van der Waals surface area contributed by atoms with E-state index in [0.717, 1.165) is 38.5 Å². The molecule has 122 valence electrons. The fraction of sp³-hybridized carbons (Fsp3) is 0.941. The molecule has 2 atom stereocenters. The molecule has 0 unspecified atom stereocenters. The molecule has 0 spiro atoms. The molecule has 0 amide bonds. The highest BCUT2D eigenvalue weighted by Crippen LogP contribution is 2.49. The van der Waals surface area contributed by atoms with Crippen molar-refractivity contribution in [3.8, 4) is 0 Å². The predicted octanol–water partition coefficient (Wildman–Crippen LogP) is 3.68. The van der Waals surface area contributed by atoms with Crippen molar-refractivity contribution >= 4 is 5.97 Å². The van der Waals surface area contributed by atoms with Gasteiger partial charge in [-0.15, -0.1) is 0 Å². The Morgan fingerprint density at radius 1 is 1.24 bits per heavy atom. The van der Waals surface area contributed by atoms with E-state index in [1.807, 2.05) is 0 Å².